The first kappa shape index (κ1) is 8.54. The molecule has 0 aromatic carbocycles. The molecule has 1 saturated carbocycles. The third-order valence-electron chi connectivity index (χ3n) is 2.32. The van der Waals surface area contributed by atoms with Gasteiger partial charge in [-0.2, -0.15) is 0 Å². The Labute approximate surface area is 81.0 Å². The monoisotopic (exact) mass is 201 g/mol. The second-order valence-corrected chi connectivity index (χ2v) is 4.56. The van der Waals surface area contributed by atoms with Crippen molar-refractivity contribution in [3.63, 3.8) is 0 Å². The number of halogens is 1. The summed E-state index contributed by atoms with van der Waals surface area (Å²) in [5, 5.41) is 12.0. The Morgan fingerprint density at radius 3 is 2.92 bits per heavy atom. The first-order valence-electron chi connectivity index (χ1n) is 3.94. The number of aliphatic hydroxyl groups is 1. The number of hydrogen-bond donors (Lipinski definition) is 1. The van der Waals surface area contributed by atoms with Gasteiger partial charge in [0.15, 0.2) is 0 Å². The van der Waals surface area contributed by atoms with Crippen LogP contribution in [-0.2, 0) is 0 Å². The number of rotatable bonds is 2. The highest BCUT2D eigenvalue weighted by Gasteiger charge is 2.43. The van der Waals surface area contributed by atoms with Gasteiger partial charge in [-0.15, -0.1) is 11.3 Å². The predicted molar refractivity (Wildman–Crippen MR) is 51.5 cm³/mol. The van der Waals surface area contributed by atoms with E-state index in [9.17, 15) is 5.11 Å². The van der Waals surface area contributed by atoms with Gasteiger partial charge in [-0.1, -0.05) is 11.6 Å². The van der Waals surface area contributed by atoms with Crippen LogP contribution in [-0.4, -0.2) is 11.2 Å². The lowest BCUT2D eigenvalue weighted by Gasteiger charge is -2.00. The van der Waals surface area contributed by atoms with Crippen LogP contribution in [0.4, 0.5) is 0 Å². The van der Waals surface area contributed by atoms with E-state index in [1.807, 2.05) is 11.4 Å². The Hall–Kier alpha value is -0.0500. The van der Waals surface area contributed by atoms with Gasteiger partial charge in [0.2, 0.25) is 0 Å². The largest absolute Gasteiger partial charge is 0.393 e. The number of hydrogen-bond acceptors (Lipinski definition) is 2. The smallest absolute Gasteiger partial charge is 0.0575 e. The Bertz CT molecular complexity index is 282. The lowest BCUT2D eigenvalue weighted by atomic mass is 10.2. The molecule has 65 valence electrons. The average molecular weight is 202 g/mol. The minimum absolute atomic E-state index is 0.334. The zero-order valence-corrected chi connectivity index (χ0v) is 8.11. The second kappa shape index (κ2) is 3.02. The van der Waals surface area contributed by atoms with E-state index in [1.165, 1.54) is 4.88 Å². The van der Waals surface area contributed by atoms with Crippen molar-refractivity contribution < 1.29 is 5.11 Å². The van der Waals surface area contributed by atoms with Gasteiger partial charge in [-0.05, 0) is 30.7 Å². The van der Waals surface area contributed by atoms with Crippen LogP contribution in [0, 0.1) is 12.8 Å². The molecule has 0 amide bonds. The molecule has 1 fully saturated rings. The molecule has 0 bridgehead atoms. The molecular weight excluding hydrogens is 192 g/mol. The molecule has 3 unspecified atom stereocenters. The summed E-state index contributed by atoms with van der Waals surface area (Å²) in [5.41, 5.74) is 0. The molecule has 1 N–H and O–H groups in total. The fourth-order valence-corrected chi connectivity index (χ4v) is 2.90. The summed E-state index contributed by atoms with van der Waals surface area (Å²) in [4.78, 5) is 1.21. The van der Waals surface area contributed by atoms with Crippen LogP contribution >= 0.6 is 22.9 Å². The van der Waals surface area contributed by atoms with Gasteiger partial charge in [0.05, 0.1) is 11.1 Å². The molecule has 1 aromatic rings. The summed E-state index contributed by atoms with van der Waals surface area (Å²) in [7, 11) is 0. The van der Waals surface area contributed by atoms with Gasteiger partial charge in [0.25, 0.3) is 0 Å². The number of aliphatic hydroxyl groups excluding tert-OH is 1. The predicted octanol–water partition coefficient (Wildman–Crippen LogP) is 2.70. The van der Waals surface area contributed by atoms with Crippen LogP contribution in [0.1, 0.15) is 17.2 Å². The maximum absolute atomic E-state index is 9.20. The van der Waals surface area contributed by atoms with Crippen molar-refractivity contribution >= 4 is 22.9 Å². The Morgan fingerprint density at radius 1 is 1.75 bits per heavy atom. The fraction of sp³-hybridized carbons (Fsp3) is 0.444. The van der Waals surface area contributed by atoms with Crippen LogP contribution in [0.25, 0.3) is 0 Å². The maximum atomic E-state index is 9.20. The quantitative estimate of drug-likeness (QED) is 0.780. The van der Waals surface area contributed by atoms with E-state index in [0.29, 0.717) is 11.8 Å². The summed E-state index contributed by atoms with van der Waals surface area (Å²) in [6.07, 6.45) is 0.596. The molecule has 1 nitrogen and oxygen atoms in total. The van der Waals surface area contributed by atoms with Crippen molar-refractivity contribution in [2.75, 3.05) is 0 Å². The molecule has 0 saturated heterocycles. The molecule has 1 aromatic heterocycles. The van der Waals surface area contributed by atoms with Gasteiger partial charge in [0, 0.05) is 10.8 Å². The Morgan fingerprint density at radius 2 is 2.50 bits per heavy atom. The summed E-state index contributed by atoms with van der Waals surface area (Å²) < 4.78 is 0. The van der Waals surface area contributed by atoms with Crippen molar-refractivity contribution in [1.82, 2.24) is 0 Å². The topological polar surface area (TPSA) is 20.2 Å². The summed E-state index contributed by atoms with van der Waals surface area (Å²) in [5.74, 6) is 0.797. The highest BCUT2D eigenvalue weighted by molar-refractivity contribution is 7.10. The van der Waals surface area contributed by atoms with Gasteiger partial charge < -0.3 is 5.11 Å². The second-order valence-electron chi connectivity index (χ2n) is 3.21. The highest BCUT2D eigenvalue weighted by atomic mass is 35.5. The molecule has 1 aliphatic carbocycles. The van der Waals surface area contributed by atoms with E-state index in [4.69, 9.17) is 11.6 Å². The SMILES string of the molecule is [CH2]C(O)C1CC1c1sccc1Cl. The molecule has 0 aliphatic heterocycles. The van der Waals surface area contributed by atoms with Crippen LogP contribution in [0.5, 0.6) is 0 Å². The van der Waals surface area contributed by atoms with Crippen molar-refractivity contribution in [3.8, 4) is 0 Å². The molecule has 0 spiro atoms. The molecule has 3 heteroatoms. The minimum atomic E-state index is -0.437. The molecule has 2 rings (SSSR count). The average Bonchev–Trinajstić information content (AvgIpc) is 2.70. The normalized spacial score (nSPS) is 30.2. The fourth-order valence-electron chi connectivity index (χ4n) is 1.51. The molecule has 1 aliphatic rings. The van der Waals surface area contributed by atoms with Crippen LogP contribution in [0.15, 0.2) is 11.4 Å². The first-order valence-corrected chi connectivity index (χ1v) is 5.20. The summed E-state index contributed by atoms with van der Waals surface area (Å²) in [6.45, 7) is 3.61. The summed E-state index contributed by atoms with van der Waals surface area (Å²) >= 11 is 7.62. The zero-order chi connectivity index (χ0) is 8.72. The van der Waals surface area contributed by atoms with E-state index in [0.717, 1.165) is 11.4 Å². The molecule has 3 atom stereocenters. The van der Waals surface area contributed by atoms with Crippen molar-refractivity contribution in [3.05, 3.63) is 28.3 Å². The zero-order valence-electron chi connectivity index (χ0n) is 6.53. The minimum Gasteiger partial charge on any atom is -0.393 e. The van der Waals surface area contributed by atoms with E-state index < -0.39 is 6.10 Å². The van der Waals surface area contributed by atoms with Crippen molar-refractivity contribution in [2.45, 2.75) is 18.4 Å². The van der Waals surface area contributed by atoms with E-state index in [1.54, 1.807) is 11.3 Å². The van der Waals surface area contributed by atoms with Crippen molar-refractivity contribution in [1.29, 1.82) is 0 Å². The van der Waals surface area contributed by atoms with E-state index in [2.05, 4.69) is 6.92 Å². The van der Waals surface area contributed by atoms with E-state index >= 15 is 0 Å². The Kier molecular flexibility index (Phi) is 2.15. The highest BCUT2D eigenvalue weighted by Crippen LogP contribution is 2.52. The summed E-state index contributed by atoms with van der Waals surface area (Å²) in [6, 6.07) is 1.91. The van der Waals surface area contributed by atoms with Gasteiger partial charge in [-0.3, -0.25) is 0 Å². The van der Waals surface area contributed by atoms with Crippen LogP contribution in [0.2, 0.25) is 5.02 Å². The third-order valence-corrected chi connectivity index (χ3v) is 3.81. The van der Waals surface area contributed by atoms with Crippen molar-refractivity contribution in [2.24, 2.45) is 5.92 Å². The Balaban J connectivity index is 2.10. The molecule has 1 heterocycles. The van der Waals surface area contributed by atoms with Gasteiger partial charge in [-0.25, -0.2) is 0 Å². The molecular formula is C9H10ClOS. The first-order chi connectivity index (χ1) is 5.70. The van der Waals surface area contributed by atoms with Gasteiger partial charge in [0.1, 0.15) is 0 Å². The maximum Gasteiger partial charge on any atom is 0.0575 e. The lowest BCUT2D eigenvalue weighted by Crippen LogP contribution is -2.03. The molecule has 1 radical (unpaired) electrons. The van der Waals surface area contributed by atoms with Gasteiger partial charge >= 0.3 is 0 Å². The third kappa shape index (κ3) is 1.39. The standard InChI is InChI=1S/C9H10ClOS/c1-5(11)6-4-7(6)9-8(10)2-3-12-9/h2-3,5-7,11H,1,4H2. The van der Waals surface area contributed by atoms with Crippen LogP contribution < -0.4 is 0 Å². The van der Waals surface area contributed by atoms with Crippen LogP contribution in [0.3, 0.4) is 0 Å². The van der Waals surface area contributed by atoms with E-state index in [-0.39, 0.29) is 0 Å². The lowest BCUT2D eigenvalue weighted by molar-refractivity contribution is 0.194. The number of thiophene rings is 1. The molecule has 12 heavy (non-hydrogen) atoms.